The van der Waals surface area contributed by atoms with Crippen LogP contribution in [0.3, 0.4) is 0 Å². The van der Waals surface area contributed by atoms with E-state index in [4.69, 9.17) is 0 Å². The van der Waals surface area contributed by atoms with Gasteiger partial charge in [-0.1, -0.05) is 12.1 Å². The van der Waals surface area contributed by atoms with Crippen molar-refractivity contribution >= 4 is 5.91 Å². The Bertz CT molecular complexity index is 1080. The molecule has 0 bridgehead atoms. The predicted octanol–water partition coefficient (Wildman–Crippen LogP) is 3.47. The monoisotopic (exact) mass is 474 g/mol. The summed E-state index contributed by atoms with van der Waals surface area (Å²) in [6.45, 7) is 4.36. The van der Waals surface area contributed by atoms with Gasteiger partial charge in [0, 0.05) is 56.2 Å². The minimum absolute atomic E-state index is 0.0149. The maximum Gasteiger partial charge on any atom is 0.417 e. The van der Waals surface area contributed by atoms with Crippen LogP contribution in [0.15, 0.2) is 24.7 Å². The zero-order chi connectivity index (χ0) is 23.7. The van der Waals surface area contributed by atoms with Gasteiger partial charge in [-0.15, -0.1) is 5.10 Å². The highest BCUT2D eigenvalue weighted by Gasteiger charge is 2.61. The van der Waals surface area contributed by atoms with Crippen LogP contribution >= 0.6 is 0 Å². The molecule has 3 unspecified atom stereocenters. The topological polar surface area (TPSA) is 67.2 Å². The van der Waals surface area contributed by atoms with Crippen molar-refractivity contribution in [3.05, 3.63) is 41.5 Å². The molecule has 3 aliphatic heterocycles. The van der Waals surface area contributed by atoms with Gasteiger partial charge in [0.15, 0.2) is 0 Å². The van der Waals surface area contributed by atoms with Gasteiger partial charge in [0.2, 0.25) is 5.91 Å². The Hall–Kier alpha value is -2.49. The number of hydrogen-bond acceptors (Lipinski definition) is 5. The molecule has 0 radical (unpaired) electrons. The lowest BCUT2D eigenvalue weighted by Crippen LogP contribution is -2.42. The number of rotatable bonds is 2. The summed E-state index contributed by atoms with van der Waals surface area (Å²) >= 11 is 0. The number of nitrogens with zero attached hydrogens (tertiary/aromatic N) is 6. The lowest BCUT2D eigenvalue weighted by molar-refractivity contribution is -0.138. The number of amides is 1. The standard InChI is InChI=1S/C24H29F3N6O/c1-15-21-11-20-16(10-17(13-28-20)24(25,26)27)14-32(21)22(34)23(15)5-2-19(12-23)31-7-3-18(4-8-31)33-9-6-29-30-33/h6,9-10,13,15,18-19,21H,2-5,7-8,11-12,14H2,1H3/t15?,19?,21?,23-/m0/s1. The second-order valence-corrected chi connectivity index (χ2v) is 10.5. The van der Waals surface area contributed by atoms with E-state index in [1.807, 2.05) is 15.8 Å². The van der Waals surface area contributed by atoms with Gasteiger partial charge in [-0.05, 0) is 49.7 Å². The van der Waals surface area contributed by atoms with E-state index in [9.17, 15) is 18.0 Å². The average molecular weight is 475 g/mol. The van der Waals surface area contributed by atoms with Crippen LogP contribution in [0, 0.1) is 11.3 Å². The molecule has 34 heavy (non-hydrogen) atoms. The Labute approximate surface area is 196 Å². The van der Waals surface area contributed by atoms with E-state index >= 15 is 0 Å². The summed E-state index contributed by atoms with van der Waals surface area (Å²) in [7, 11) is 0. The van der Waals surface area contributed by atoms with Gasteiger partial charge in [-0.25, -0.2) is 4.68 Å². The van der Waals surface area contributed by atoms with Gasteiger partial charge >= 0.3 is 6.18 Å². The summed E-state index contributed by atoms with van der Waals surface area (Å²) in [4.78, 5) is 22.3. The number of halogens is 3. The van der Waals surface area contributed by atoms with Crippen LogP contribution in [0.1, 0.15) is 61.9 Å². The second-order valence-electron chi connectivity index (χ2n) is 10.5. The maximum atomic E-state index is 13.7. The van der Waals surface area contributed by atoms with Gasteiger partial charge in [0.1, 0.15) is 0 Å². The Morgan fingerprint density at radius 3 is 2.65 bits per heavy atom. The summed E-state index contributed by atoms with van der Waals surface area (Å²) in [5, 5.41) is 8.07. The second kappa shape index (κ2) is 7.76. The summed E-state index contributed by atoms with van der Waals surface area (Å²) in [5.74, 6) is 0.294. The van der Waals surface area contributed by atoms with Crippen LogP contribution in [0.4, 0.5) is 13.2 Å². The first-order valence-electron chi connectivity index (χ1n) is 12.2. The highest BCUT2D eigenvalue weighted by atomic mass is 19.4. The molecule has 5 heterocycles. The largest absolute Gasteiger partial charge is 0.417 e. The molecular formula is C24H29F3N6O. The zero-order valence-corrected chi connectivity index (χ0v) is 19.2. The van der Waals surface area contributed by atoms with E-state index in [-0.39, 0.29) is 24.4 Å². The summed E-state index contributed by atoms with van der Waals surface area (Å²) < 4.78 is 41.5. The van der Waals surface area contributed by atoms with Gasteiger partial charge in [-0.3, -0.25) is 9.78 Å². The Morgan fingerprint density at radius 1 is 1.15 bits per heavy atom. The normalized spacial score (nSPS) is 32.4. The molecule has 7 nitrogen and oxygen atoms in total. The molecule has 4 atom stereocenters. The number of piperidine rings is 1. The number of alkyl halides is 3. The number of fused-ring (bicyclic) bond motifs is 2. The molecule has 1 spiro atoms. The first kappa shape index (κ1) is 22.0. The molecule has 4 aliphatic rings. The highest BCUT2D eigenvalue weighted by molar-refractivity contribution is 5.87. The highest BCUT2D eigenvalue weighted by Crippen LogP contribution is 2.55. The SMILES string of the molecule is CC1C2Cc3ncc(C(F)(F)F)cc3CN2C(=O)[C@]12CCC(N1CCC(n3ccnn3)CC1)C2. The van der Waals surface area contributed by atoms with Gasteiger partial charge < -0.3 is 9.80 Å². The molecule has 1 aliphatic carbocycles. The van der Waals surface area contributed by atoms with Gasteiger partial charge in [0.05, 0.1) is 23.2 Å². The molecule has 2 aromatic heterocycles. The van der Waals surface area contributed by atoms with Crippen LogP contribution in [0.5, 0.6) is 0 Å². The molecule has 10 heteroatoms. The quantitative estimate of drug-likeness (QED) is 0.667. The Balaban J connectivity index is 1.17. The number of hydrogen-bond donors (Lipinski definition) is 0. The van der Waals surface area contributed by atoms with Crippen molar-refractivity contribution in [3.8, 4) is 0 Å². The first-order valence-corrected chi connectivity index (χ1v) is 12.2. The third-order valence-corrected chi connectivity index (χ3v) is 9.02. The molecule has 1 amide bonds. The van der Waals surface area contributed by atoms with Crippen molar-refractivity contribution in [1.29, 1.82) is 0 Å². The third-order valence-electron chi connectivity index (χ3n) is 9.02. The molecule has 2 aromatic rings. The van der Waals surface area contributed by atoms with Crippen LogP contribution in [-0.2, 0) is 23.9 Å². The lowest BCUT2D eigenvalue weighted by Gasteiger charge is -2.37. The van der Waals surface area contributed by atoms with E-state index in [0.717, 1.165) is 51.4 Å². The van der Waals surface area contributed by atoms with Gasteiger partial charge in [-0.2, -0.15) is 13.2 Å². The molecular weight excluding hydrogens is 445 g/mol. The molecule has 182 valence electrons. The van der Waals surface area contributed by atoms with E-state index < -0.39 is 17.2 Å². The van der Waals surface area contributed by atoms with Crippen molar-refractivity contribution < 1.29 is 18.0 Å². The Morgan fingerprint density at radius 2 is 1.94 bits per heavy atom. The molecule has 6 rings (SSSR count). The zero-order valence-electron chi connectivity index (χ0n) is 19.2. The van der Waals surface area contributed by atoms with Crippen LogP contribution in [-0.4, -0.2) is 60.9 Å². The van der Waals surface area contributed by atoms with E-state index in [2.05, 4.69) is 27.1 Å². The number of carbonyl (C=O) groups excluding carboxylic acids is 1. The number of likely N-dealkylation sites (tertiary alicyclic amines) is 1. The average Bonchev–Trinajstić information content (AvgIpc) is 3.56. The molecule has 1 saturated carbocycles. The van der Waals surface area contributed by atoms with Crippen molar-refractivity contribution in [3.63, 3.8) is 0 Å². The van der Waals surface area contributed by atoms with E-state index in [1.54, 1.807) is 6.20 Å². The fourth-order valence-corrected chi connectivity index (χ4v) is 7.04. The smallest absolute Gasteiger partial charge is 0.334 e. The number of carbonyl (C=O) groups is 1. The predicted molar refractivity (Wildman–Crippen MR) is 116 cm³/mol. The van der Waals surface area contributed by atoms with Crippen molar-refractivity contribution in [1.82, 2.24) is 29.8 Å². The first-order chi connectivity index (χ1) is 16.3. The molecule has 3 fully saturated rings. The third kappa shape index (κ3) is 3.36. The fourth-order valence-electron chi connectivity index (χ4n) is 7.04. The number of aromatic nitrogens is 4. The number of pyridine rings is 1. The van der Waals surface area contributed by atoms with Crippen LogP contribution in [0.2, 0.25) is 0 Å². The summed E-state index contributed by atoms with van der Waals surface area (Å²) in [6.07, 6.45) is 5.40. The lowest BCUT2D eigenvalue weighted by atomic mass is 9.73. The van der Waals surface area contributed by atoms with E-state index in [1.165, 1.54) is 6.07 Å². The fraction of sp³-hybridized carbons (Fsp3) is 0.667. The van der Waals surface area contributed by atoms with Crippen LogP contribution in [0.25, 0.3) is 0 Å². The Kier molecular flexibility index (Phi) is 5.02. The summed E-state index contributed by atoms with van der Waals surface area (Å²) in [6, 6.07) is 1.95. The van der Waals surface area contributed by atoms with E-state index in [0.29, 0.717) is 29.8 Å². The minimum Gasteiger partial charge on any atom is -0.334 e. The summed E-state index contributed by atoms with van der Waals surface area (Å²) in [5.41, 5.74) is 0.0888. The van der Waals surface area contributed by atoms with Crippen molar-refractivity contribution in [2.45, 2.75) is 76.3 Å². The van der Waals surface area contributed by atoms with Crippen LogP contribution < -0.4 is 0 Å². The maximum absolute atomic E-state index is 13.7. The minimum atomic E-state index is -4.43. The molecule has 0 N–H and O–H groups in total. The molecule has 2 saturated heterocycles. The molecule has 0 aromatic carbocycles. The van der Waals surface area contributed by atoms with Crippen molar-refractivity contribution in [2.75, 3.05) is 13.1 Å². The van der Waals surface area contributed by atoms with Gasteiger partial charge in [0.25, 0.3) is 0 Å². The van der Waals surface area contributed by atoms with Crippen molar-refractivity contribution in [2.24, 2.45) is 11.3 Å².